The largest absolute Gasteiger partial charge is 0.309 e. The number of nitrogens with two attached hydrogens (primary N) is 1. The maximum Gasteiger partial charge on any atom is 0.209 e. The average molecular weight is 262 g/mol. The van der Waals surface area contributed by atoms with Gasteiger partial charge in [-0.05, 0) is 38.9 Å². The van der Waals surface area contributed by atoms with Gasteiger partial charge in [0.25, 0.3) is 0 Å². The Labute approximate surface area is 101 Å². The van der Waals surface area contributed by atoms with Gasteiger partial charge in [-0.2, -0.15) is 0 Å². The highest BCUT2D eigenvalue weighted by Gasteiger charge is 2.07. The van der Waals surface area contributed by atoms with Crippen LogP contribution < -0.4 is 10.5 Å². The van der Waals surface area contributed by atoms with E-state index in [4.69, 9.17) is 5.14 Å². The van der Waals surface area contributed by atoms with Gasteiger partial charge < -0.3 is 5.32 Å². The van der Waals surface area contributed by atoms with E-state index in [1.54, 1.807) is 11.3 Å². The normalized spacial score (nSPS) is 13.9. The first-order chi connectivity index (χ1) is 7.38. The van der Waals surface area contributed by atoms with Gasteiger partial charge in [0.15, 0.2) is 0 Å². The summed E-state index contributed by atoms with van der Waals surface area (Å²) in [5, 5.41) is 8.19. The average Bonchev–Trinajstić information content (AvgIpc) is 2.57. The van der Waals surface area contributed by atoms with Crippen molar-refractivity contribution in [2.45, 2.75) is 26.3 Å². The zero-order valence-electron chi connectivity index (χ0n) is 9.56. The number of thiophene rings is 1. The van der Waals surface area contributed by atoms with Crippen molar-refractivity contribution in [1.82, 2.24) is 5.32 Å². The maximum atomic E-state index is 10.7. The third-order valence-electron chi connectivity index (χ3n) is 2.24. The second-order valence-electron chi connectivity index (χ2n) is 3.84. The van der Waals surface area contributed by atoms with Crippen LogP contribution in [0, 0.1) is 6.92 Å². The first-order valence-electron chi connectivity index (χ1n) is 5.18. The number of primary sulfonamides is 1. The molecular weight excluding hydrogens is 244 g/mol. The molecule has 92 valence electrons. The summed E-state index contributed by atoms with van der Waals surface area (Å²) in [6, 6.07) is 4.44. The minimum atomic E-state index is -3.32. The molecule has 0 aliphatic heterocycles. The Hall–Kier alpha value is -0.430. The van der Waals surface area contributed by atoms with E-state index in [2.05, 4.69) is 31.3 Å². The lowest BCUT2D eigenvalue weighted by Crippen LogP contribution is -2.23. The molecule has 0 amide bonds. The van der Waals surface area contributed by atoms with Crippen LogP contribution in [0.3, 0.4) is 0 Å². The molecule has 1 aromatic heterocycles. The van der Waals surface area contributed by atoms with E-state index < -0.39 is 10.0 Å². The van der Waals surface area contributed by atoms with E-state index in [0.29, 0.717) is 13.0 Å². The van der Waals surface area contributed by atoms with Crippen molar-refractivity contribution >= 4 is 21.4 Å². The second-order valence-corrected chi connectivity index (χ2v) is 6.90. The van der Waals surface area contributed by atoms with Crippen LogP contribution in [0.1, 0.15) is 29.1 Å². The van der Waals surface area contributed by atoms with E-state index in [1.165, 1.54) is 9.75 Å². The highest BCUT2D eigenvalue weighted by molar-refractivity contribution is 7.89. The molecule has 0 saturated carbocycles. The Morgan fingerprint density at radius 1 is 1.50 bits per heavy atom. The summed E-state index contributed by atoms with van der Waals surface area (Å²) in [6.45, 7) is 4.80. The summed E-state index contributed by atoms with van der Waals surface area (Å²) in [7, 11) is -3.32. The summed E-state index contributed by atoms with van der Waals surface area (Å²) in [4.78, 5) is 2.56. The van der Waals surface area contributed by atoms with Crippen molar-refractivity contribution < 1.29 is 8.42 Å². The first-order valence-corrected chi connectivity index (χ1v) is 7.72. The molecule has 1 heterocycles. The Bertz CT molecular complexity index is 426. The molecule has 3 N–H and O–H groups in total. The Balaban J connectivity index is 2.28. The van der Waals surface area contributed by atoms with Gasteiger partial charge in [0.2, 0.25) is 10.0 Å². The zero-order valence-corrected chi connectivity index (χ0v) is 11.2. The van der Waals surface area contributed by atoms with Crippen molar-refractivity contribution in [3.63, 3.8) is 0 Å². The van der Waals surface area contributed by atoms with Crippen molar-refractivity contribution in [2.75, 3.05) is 12.3 Å². The lowest BCUT2D eigenvalue weighted by atomic mass is 10.2. The van der Waals surface area contributed by atoms with Gasteiger partial charge in [-0.25, -0.2) is 13.6 Å². The molecule has 6 heteroatoms. The molecule has 0 aromatic carbocycles. The van der Waals surface area contributed by atoms with Crippen LogP contribution >= 0.6 is 11.3 Å². The number of hydrogen-bond donors (Lipinski definition) is 2. The number of sulfonamides is 1. The summed E-state index contributed by atoms with van der Waals surface area (Å²) in [5.74, 6) is 0.0379. The van der Waals surface area contributed by atoms with Crippen LogP contribution in [-0.4, -0.2) is 20.7 Å². The van der Waals surface area contributed by atoms with Crippen molar-refractivity contribution in [1.29, 1.82) is 0 Å². The van der Waals surface area contributed by atoms with Crippen molar-refractivity contribution in [3.8, 4) is 0 Å². The molecule has 1 rings (SSSR count). The van der Waals surface area contributed by atoms with Crippen LogP contribution in [0.2, 0.25) is 0 Å². The fraction of sp³-hybridized carbons (Fsp3) is 0.600. The molecular formula is C10H18N2O2S2. The predicted octanol–water partition coefficient (Wildman–Crippen LogP) is 1.39. The van der Waals surface area contributed by atoms with Gasteiger partial charge in [-0.1, -0.05) is 0 Å². The van der Waals surface area contributed by atoms with E-state index in [9.17, 15) is 8.42 Å². The lowest BCUT2D eigenvalue weighted by Gasteiger charge is -2.11. The molecule has 1 atom stereocenters. The molecule has 4 nitrogen and oxygen atoms in total. The van der Waals surface area contributed by atoms with Gasteiger partial charge >= 0.3 is 0 Å². The molecule has 0 aliphatic carbocycles. The summed E-state index contributed by atoms with van der Waals surface area (Å²) >= 11 is 1.75. The van der Waals surface area contributed by atoms with Crippen LogP contribution in [-0.2, 0) is 10.0 Å². The molecule has 1 unspecified atom stereocenters. The van der Waals surface area contributed by atoms with E-state index in [1.807, 2.05) is 0 Å². The van der Waals surface area contributed by atoms with E-state index in [0.717, 1.165) is 0 Å². The molecule has 1 aromatic rings. The molecule has 0 bridgehead atoms. The van der Waals surface area contributed by atoms with Crippen LogP contribution in [0.25, 0.3) is 0 Å². The second kappa shape index (κ2) is 5.77. The minimum absolute atomic E-state index is 0.0379. The SMILES string of the molecule is Cc1ccc(C(C)NCCCS(N)(=O)=O)s1. The van der Waals surface area contributed by atoms with Crippen LogP contribution in [0.5, 0.6) is 0 Å². The lowest BCUT2D eigenvalue weighted by molar-refractivity contribution is 0.566. The third kappa shape index (κ3) is 5.07. The Morgan fingerprint density at radius 3 is 2.69 bits per heavy atom. The van der Waals surface area contributed by atoms with Crippen molar-refractivity contribution in [3.05, 3.63) is 21.9 Å². The zero-order chi connectivity index (χ0) is 12.2. The standard InChI is InChI=1S/C10H18N2O2S2/c1-8-4-5-10(15-8)9(2)12-6-3-7-16(11,13)14/h4-5,9,12H,3,6-7H2,1-2H3,(H2,11,13,14). The molecule has 0 aliphatic rings. The highest BCUT2D eigenvalue weighted by Crippen LogP contribution is 2.21. The first kappa shape index (κ1) is 13.6. The number of aryl methyl sites for hydroxylation is 1. The van der Waals surface area contributed by atoms with E-state index in [-0.39, 0.29) is 11.8 Å². The van der Waals surface area contributed by atoms with Gasteiger partial charge in [0, 0.05) is 15.8 Å². The van der Waals surface area contributed by atoms with Crippen LogP contribution in [0.4, 0.5) is 0 Å². The molecule has 0 radical (unpaired) electrons. The van der Waals surface area contributed by atoms with Gasteiger partial charge in [-0.3, -0.25) is 0 Å². The van der Waals surface area contributed by atoms with Gasteiger partial charge in [-0.15, -0.1) is 11.3 Å². The summed E-state index contributed by atoms with van der Waals surface area (Å²) in [5.41, 5.74) is 0. The Morgan fingerprint density at radius 2 is 2.19 bits per heavy atom. The molecule has 0 saturated heterocycles. The quantitative estimate of drug-likeness (QED) is 0.761. The fourth-order valence-corrected chi connectivity index (χ4v) is 2.83. The predicted molar refractivity (Wildman–Crippen MR) is 68.1 cm³/mol. The van der Waals surface area contributed by atoms with Crippen LogP contribution in [0.15, 0.2) is 12.1 Å². The van der Waals surface area contributed by atoms with E-state index >= 15 is 0 Å². The number of nitrogens with one attached hydrogen (secondary N) is 1. The minimum Gasteiger partial charge on any atom is -0.309 e. The summed E-state index contributed by atoms with van der Waals surface area (Å²) in [6.07, 6.45) is 0.549. The highest BCUT2D eigenvalue weighted by atomic mass is 32.2. The Kier molecular flexibility index (Phi) is 4.91. The monoisotopic (exact) mass is 262 g/mol. The fourth-order valence-electron chi connectivity index (χ4n) is 1.38. The topological polar surface area (TPSA) is 72.2 Å². The molecule has 0 spiro atoms. The smallest absolute Gasteiger partial charge is 0.209 e. The van der Waals surface area contributed by atoms with Gasteiger partial charge in [0.05, 0.1) is 5.75 Å². The molecule has 0 fully saturated rings. The number of hydrogen-bond acceptors (Lipinski definition) is 4. The van der Waals surface area contributed by atoms with Gasteiger partial charge in [0.1, 0.15) is 0 Å². The molecule has 16 heavy (non-hydrogen) atoms. The summed E-state index contributed by atoms with van der Waals surface area (Å²) < 4.78 is 21.4. The van der Waals surface area contributed by atoms with Crippen molar-refractivity contribution in [2.24, 2.45) is 5.14 Å². The third-order valence-corrected chi connectivity index (χ3v) is 4.29. The maximum absolute atomic E-state index is 10.7. The number of rotatable bonds is 6.